The molecule has 0 saturated heterocycles. The minimum Gasteiger partial charge on any atom is -0.505 e. The van der Waals surface area contributed by atoms with Crippen LogP contribution in [0.2, 0.25) is 0 Å². The van der Waals surface area contributed by atoms with Crippen molar-refractivity contribution in [1.82, 2.24) is 9.97 Å². The van der Waals surface area contributed by atoms with Crippen LogP contribution in [-0.4, -0.2) is 40.6 Å². The highest BCUT2D eigenvalue weighted by molar-refractivity contribution is 5.91. The normalized spacial score (nSPS) is 14.0. The lowest BCUT2D eigenvalue weighted by Gasteiger charge is -2.21. The van der Waals surface area contributed by atoms with Gasteiger partial charge in [0.05, 0.1) is 18.1 Å². The zero-order valence-electron chi connectivity index (χ0n) is 16.0. The second-order valence-electron chi connectivity index (χ2n) is 6.78. The summed E-state index contributed by atoms with van der Waals surface area (Å²) >= 11 is 0. The number of nitrogens with one attached hydrogen (secondary N) is 3. The van der Waals surface area contributed by atoms with Crippen LogP contribution >= 0.6 is 0 Å². The third-order valence-electron chi connectivity index (χ3n) is 4.69. The van der Waals surface area contributed by atoms with Gasteiger partial charge < -0.3 is 20.3 Å². The number of aromatic nitrogens is 2. The molecule has 148 valence electrons. The van der Waals surface area contributed by atoms with Gasteiger partial charge >= 0.3 is 0 Å². The molecule has 29 heavy (non-hydrogen) atoms. The number of H-pyrrole nitrogens is 1. The van der Waals surface area contributed by atoms with E-state index >= 15 is 0 Å². The Morgan fingerprint density at radius 3 is 2.79 bits per heavy atom. The summed E-state index contributed by atoms with van der Waals surface area (Å²) in [6.07, 6.45) is 0. The number of para-hydroxylation sites is 2. The molecule has 1 unspecified atom stereocenters. The first-order valence-corrected chi connectivity index (χ1v) is 9.05. The second-order valence-corrected chi connectivity index (χ2v) is 6.78. The van der Waals surface area contributed by atoms with Crippen LogP contribution in [0.5, 0.6) is 0 Å². The van der Waals surface area contributed by atoms with Crippen molar-refractivity contribution in [3.63, 3.8) is 0 Å². The molecule has 0 bridgehead atoms. The topological polar surface area (TPSA) is 106 Å². The summed E-state index contributed by atoms with van der Waals surface area (Å²) in [7, 11) is 1.72. The number of halogens is 1. The summed E-state index contributed by atoms with van der Waals surface area (Å²) in [6.45, 7) is 1.72. The highest BCUT2D eigenvalue weighted by Gasteiger charge is 2.25. The van der Waals surface area contributed by atoms with E-state index in [0.717, 1.165) is 5.52 Å². The van der Waals surface area contributed by atoms with Gasteiger partial charge in [0.1, 0.15) is 23.5 Å². The minimum atomic E-state index is -0.545. The number of carbonyl (C=O) groups is 1. The quantitative estimate of drug-likeness (QED) is 0.379. The summed E-state index contributed by atoms with van der Waals surface area (Å²) in [4.78, 5) is 20.3. The molecule has 2 aromatic carbocycles. The zero-order valence-corrected chi connectivity index (χ0v) is 16.0. The second kappa shape index (κ2) is 8.54. The fourth-order valence-corrected chi connectivity index (χ4v) is 2.93. The molecular formula is C21H21FN5O2+. The van der Waals surface area contributed by atoms with Crippen molar-refractivity contribution in [2.45, 2.75) is 13.0 Å². The predicted molar refractivity (Wildman–Crippen MR) is 108 cm³/mol. The van der Waals surface area contributed by atoms with E-state index < -0.39 is 11.9 Å². The first-order chi connectivity index (χ1) is 13.9. The molecule has 0 aliphatic heterocycles. The Bertz CT molecular complexity index is 1080. The number of fused-ring (bicyclic) bond motifs is 1. The fourth-order valence-electron chi connectivity index (χ4n) is 2.93. The number of nitrogens with zero attached hydrogens (tertiary/aromatic N) is 2. The summed E-state index contributed by atoms with van der Waals surface area (Å²) in [5, 5.41) is 22.8. The van der Waals surface area contributed by atoms with E-state index in [4.69, 9.17) is 0 Å². The number of anilines is 1. The molecule has 0 aliphatic rings. The third kappa shape index (κ3) is 4.59. The lowest BCUT2D eigenvalue weighted by atomic mass is 10.1. The monoisotopic (exact) mass is 394 g/mol. The Hall–Kier alpha value is -3.70. The first-order valence-electron chi connectivity index (χ1n) is 9.05. The van der Waals surface area contributed by atoms with Crippen LogP contribution in [0, 0.1) is 17.1 Å². The van der Waals surface area contributed by atoms with Gasteiger partial charge in [-0.2, -0.15) is 5.26 Å². The van der Waals surface area contributed by atoms with E-state index in [1.165, 1.54) is 18.2 Å². The van der Waals surface area contributed by atoms with Gasteiger partial charge in [-0.3, -0.25) is 4.79 Å². The molecule has 0 fully saturated rings. The van der Waals surface area contributed by atoms with Gasteiger partial charge in [0, 0.05) is 5.69 Å². The highest BCUT2D eigenvalue weighted by Crippen LogP contribution is 2.19. The Morgan fingerprint density at radius 1 is 1.34 bits per heavy atom. The number of likely N-dealkylation sites (N-methyl/N-ethyl adjacent to an activating group) is 1. The van der Waals surface area contributed by atoms with Crippen LogP contribution in [0.4, 0.5) is 10.1 Å². The predicted octanol–water partition coefficient (Wildman–Crippen LogP) is 2.04. The van der Waals surface area contributed by atoms with Crippen LogP contribution < -0.4 is 10.2 Å². The van der Waals surface area contributed by atoms with E-state index in [9.17, 15) is 19.6 Å². The number of aromatic amines is 1. The van der Waals surface area contributed by atoms with Gasteiger partial charge in [0.15, 0.2) is 18.1 Å². The SMILES string of the molecule is C[C@@H](/C(O)=C(\C#N)c1nc2ccccc2[nH]1)[NH+](C)CC(=O)Nc1cccc(F)c1. The van der Waals surface area contributed by atoms with Crippen LogP contribution in [0.1, 0.15) is 12.7 Å². The average molecular weight is 394 g/mol. The number of imidazole rings is 1. The number of rotatable bonds is 6. The van der Waals surface area contributed by atoms with Gasteiger partial charge in [-0.1, -0.05) is 18.2 Å². The van der Waals surface area contributed by atoms with Crippen molar-refractivity contribution in [1.29, 1.82) is 5.26 Å². The Labute approximate surface area is 167 Å². The number of nitriles is 1. The molecule has 1 aromatic heterocycles. The lowest BCUT2D eigenvalue weighted by Crippen LogP contribution is -3.13. The van der Waals surface area contributed by atoms with E-state index in [0.29, 0.717) is 16.1 Å². The van der Waals surface area contributed by atoms with E-state index in [1.54, 1.807) is 26.1 Å². The first kappa shape index (κ1) is 20.0. The molecular weight excluding hydrogens is 373 g/mol. The summed E-state index contributed by atoms with van der Waals surface area (Å²) < 4.78 is 13.2. The largest absolute Gasteiger partial charge is 0.505 e. The molecule has 0 aliphatic carbocycles. The number of carbonyl (C=O) groups excluding carboxylic acids is 1. The van der Waals surface area contributed by atoms with E-state index in [-0.39, 0.29) is 29.6 Å². The lowest BCUT2D eigenvalue weighted by molar-refractivity contribution is -0.891. The van der Waals surface area contributed by atoms with Crippen molar-refractivity contribution in [3.05, 3.63) is 65.9 Å². The van der Waals surface area contributed by atoms with Crippen molar-refractivity contribution in [3.8, 4) is 6.07 Å². The van der Waals surface area contributed by atoms with Crippen LogP contribution in [0.3, 0.4) is 0 Å². The molecule has 0 radical (unpaired) electrons. The molecule has 0 saturated carbocycles. The van der Waals surface area contributed by atoms with Gasteiger partial charge in [-0.05, 0) is 37.3 Å². The van der Waals surface area contributed by atoms with Gasteiger partial charge in [-0.15, -0.1) is 0 Å². The molecule has 1 amide bonds. The van der Waals surface area contributed by atoms with Gasteiger partial charge in [0.2, 0.25) is 0 Å². The maximum atomic E-state index is 13.2. The molecule has 4 N–H and O–H groups in total. The number of hydrogen-bond donors (Lipinski definition) is 4. The smallest absolute Gasteiger partial charge is 0.279 e. The molecule has 3 aromatic rings. The van der Waals surface area contributed by atoms with Crippen molar-refractivity contribution < 1.29 is 19.2 Å². The van der Waals surface area contributed by atoms with E-state index in [1.807, 2.05) is 24.3 Å². The standard InChI is InChI=1S/C21H20FN5O2/c1-13(27(2)12-19(28)24-15-7-5-6-14(22)10-15)20(29)16(11-23)21-25-17-8-3-4-9-18(17)26-21/h3-10,13,29H,12H2,1-2H3,(H,24,28)(H,25,26)/p+1/b20-16-/t13-/m0/s1. The number of quaternary nitrogens is 1. The Morgan fingerprint density at radius 2 is 2.10 bits per heavy atom. The number of allylic oxidation sites excluding steroid dienone is 1. The summed E-state index contributed by atoms with van der Waals surface area (Å²) in [5.41, 5.74) is 1.82. The highest BCUT2D eigenvalue weighted by atomic mass is 19.1. The number of amides is 1. The molecule has 0 spiro atoms. The van der Waals surface area contributed by atoms with Crippen LogP contribution in [0.25, 0.3) is 16.6 Å². The van der Waals surface area contributed by atoms with Crippen LogP contribution in [-0.2, 0) is 4.79 Å². The van der Waals surface area contributed by atoms with Gasteiger partial charge in [0.25, 0.3) is 5.91 Å². The molecule has 7 nitrogen and oxygen atoms in total. The maximum absolute atomic E-state index is 13.2. The fraction of sp³-hybridized carbons (Fsp3) is 0.190. The summed E-state index contributed by atoms with van der Waals surface area (Å²) in [6, 6.07) is 14.4. The van der Waals surface area contributed by atoms with Gasteiger partial charge in [-0.25, -0.2) is 9.37 Å². The minimum absolute atomic E-state index is 0.0145. The number of aliphatic hydroxyl groups is 1. The average Bonchev–Trinajstić information content (AvgIpc) is 3.11. The number of benzene rings is 2. The number of aliphatic hydroxyl groups excluding tert-OH is 1. The molecule has 3 rings (SSSR count). The molecule has 1 heterocycles. The Kier molecular flexibility index (Phi) is 5.90. The van der Waals surface area contributed by atoms with Crippen molar-refractivity contribution in [2.24, 2.45) is 0 Å². The van der Waals surface area contributed by atoms with Crippen molar-refractivity contribution in [2.75, 3.05) is 18.9 Å². The molecule has 8 heteroatoms. The maximum Gasteiger partial charge on any atom is 0.279 e. The van der Waals surface area contributed by atoms with E-state index in [2.05, 4.69) is 15.3 Å². The van der Waals surface area contributed by atoms with Crippen LogP contribution in [0.15, 0.2) is 54.3 Å². The molecule has 2 atom stereocenters. The third-order valence-corrected chi connectivity index (χ3v) is 4.69. The van der Waals surface area contributed by atoms with Crippen molar-refractivity contribution >= 4 is 28.2 Å². The summed E-state index contributed by atoms with van der Waals surface area (Å²) in [5.74, 6) is -0.672. The zero-order chi connectivity index (χ0) is 21.0. The number of hydrogen-bond acceptors (Lipinski definition) is 4. The Balaban J connectivity index is 1.75.